The van der Waals surface area contributed by atoms with Crippen molar-refractivity contribution in [2.24, 2.45) is 0 Å². The monoisotopic (exact) mass is 276 g/mol. The molecule has 1 aromatic rings. The first kappa shape index (κ1) is 14.4. The summed E-state index contributed by atoms with van der Waals surface area (Å²) < 4.78 is 0. The molecule has 0 saturated carbocycles. The second kappa shape index (κ2) is 6.41. The van der Waals surface area contributed by atoms with Gasteiger partial charge < -0.3 is 15.3 Å². The number of carbonyl (C=O) groups excluding carboxylic acids is 1. The Labute approximate surface area is 118 Å². The molecule has 0 aromatic heterocycles. The fourth-order valence-corrected chi connectivity index (χ4v) is 2.57. The number of hydrogen-bond acceptors (Lipinski definition) is 2. The fourth-order valence-electron chi connectivity index (χ4n) is 2.57. The number of benzene rings is 1. The van der Waals surface area contributed by atoms with E-state index in [0.717, 1.165) is 30.5 Å². The van der Waals surface area contributed by atoms with Crippen LogP contribution in [0.15, 0.2) is 24.3 Å². The predicted octanol–water partition coefficient (Wildman–Crippen LogP) is 2.72. The number of nitrogens with one attached hydrogen (secondary N) is 1. The first-order valence-corrected chi connectivity index (χ1v) is 7.01. The van der Waals surface area contributed by atoms with E-state index in [1.807, 2.05) is 31.2 Å². The van der Waals surface area contributed by atoms with E-state index in [0.29, 0.717) is 13.0 Å². The Balaban J connectivity index is 2.12. The van der Waals surface area contributed by atoms with Crippen molar-refractivity contribution in [1.82, 2.24) is 4.90 Å². The number of nitrogens with zero attached hydrogens (tertiary/aromatic N) is 1. The summed E-state index contributed by atoms with van der Waals surface area (Å²) in [5.41, 5.74) is 1.81. The van der Waals surface area contributed by atoms with Gasteiger partial charge in [0.1, 0.15) is 6.04 Å². The number of carboxylic acids is 1. The Morgan fingerprint density at radius 2 is 2.10 bits per heavy atom. The molecule has 1 aromatic carbocycles. The van der Waals surface area contributed by atoms with E-state index in [1.54, 1.807) is 0 Å². The van der Waals surface area contributed by atoms with Gasteiger partial charge in [0.2, 0.25) is 0 Å². The summed E-state index contributed by atoms with van der Waals surface area (Å²) in [5, 5.41) is 12.0. The van der Waals surface area contributed by atoms with Gasteiger partial charge in [-0.1, -0.05) is 25.1 Å². The van der Waals surface area contributed by atoms with Crippen LogP contribution in [0.5, 0.6) is 0 Å². The summed E-state index contributed by atoms with van der Waals surface area (Å²) >= 11 is 0. The molecule has 5 nitrogen and oxygen atoms in total. The van der Waals surface area contributed by atoms with Crippen molar-refractivity contribution in [2.75, 3.05) is 11.9 Å². The topological polar surface area (TPSA) is 69.6 Å². The average molecular weight is 276 g/mol. The minimum Gasteiger partial charge on any atom is -0.480 e. The van der Waals surface area contributed by atoms with Crippen molar-refractivity contribution >= 4 is 17.7 Å². The highest BCUT2D eigenvalue weighted by Crippen LogP contribution is 2.20. The highest BCUT2D eigenvalue weighted by molar-refractivity contribution is 5.93. The molecule has 20 heavy (non-hydrogen) atoms. The van der Waals surface area contributed by atoms with Gasteiger partial charge in [-0.05, 0) is 37.3 Å². The van der Waals surface area contributed by atoms with Crippen molar-refractivity contribution in [3.63, 3.8) is 0 Å². The molecular formula is C15H20N2O3. The average Bonchev–Trinajstić information content (AvgIpc) is 2.47. The number of rotatable bonds is 3. The van der Waals surface area contributed by atoms with Crippen LogP contribution in [0.25, 0.3) is 0 Å². The molecule has 1 aliphatic rings. The van der Waals surface area contributed by atoms with Crippen LogP contribution in [0.1, 0.15) is 31.7 Å². The van der Waals surface area contributed by atoms with E-state index >= 15 is 0 Å². The van der Waals surface area contributed by atoms with Gasteiger partial charge in [0, 0.05) is 12.2 Å². The van der Waals surface area contributed by atoms with Gasteiger partial charge >= 0.3 is 12.0 Å². The second-order valence-electron chi connectivity index (χ2n) is 4.98. The molecule has 1 aliphatic heterocycles. The Morgan fingerprint density at radius 3 is 2.80 bits per heavy atom. The zero-order valence-corrected chi connectivity index (χ0v) is 11.6. The molecule has 2 rings (SSSR count). The third-order valence-corrected chi connectivity index (χ3v) is 3.69. The normalized spacial score (nSPS) is 18.6. The molecule has 0 radical (unpaired) electrons. The molecular weight excluding hydrogens is 256 g/mol. The van der Waals surface area contributed by atoms with E-state index in [2.05, 4.69) is 5.32 Å². The van der Waals surface area contributed by atoms with E-state index in [4.69, 9.17) is 0 Å². The predicted molar refractivity (Wildman–Crippen MR) is 76.8 cm³/mol. The fraction of sp³-hybridized carbons (Fsp3) is 0.467. The number of anilines is 1. The molecule has 0 aliphatic carbocycles. The van der Waals surface area contributed by atoms with Crippen LogP contribution in [0.2, 0.25) is 0 Å². The largest absolute Gasteiger partial charge is 0.480 e. The Morgan fingerprint density at radius 1 is 1.35 bits per heavy atom. The van der Waals surface area contributed by atoms with Gasteiger partial charge in [-0.2, -0.15) is 0 Å². The second-order valence-corrected chi connectivity index (χ2v) is 4.98. The van der Waals surface area contributed by atoms with E-state index < -0.39 is 12.0 Å². The highest BCUT2D eigenvalue weighted by Gasteiger charge is 2.32. The molecule has 108 valence electrons. The van der Waals surface area contributed by atoms with Crippen molar-refractivity contribution in [3.05, 3.63) is 29.8 Å². The summed E-state index contributed by atoms with van der Waals surface area (Å²) in [5.74, 6) is -0.927. The number of para-hydroxylation sites is 1. The van der Waals surface area contributed by atoms with Gasteiger partial charge in [-0.25, -0.2) is 9.59 Å². The van der Waals surface area contributed by atoms with Gasteiger partial charge in [-0.3, -0.25) is 0 Å². The van der Waals surface area contributed by atoms with E-state index in [1.165, 1.54) is 4.90 Å². The molecule has 1 unspecified atom stereocenters. The Bertz CT molecular complexity index is 502. The van der Waals surface area contributed by atoms with Crippen molar-refractivity contribution < 1.29 is 14.7 Å². The lowest BCUT2D eigenvalue weighted by molar-refractivity contribution is -0.143. The van der Waals surface area contributed by atoms with Crippen LogP contribution < -0.4 is 5.32 Å². The van der Waals surface area contributed by atoms with E-state index in [-0.39, 0.29) is 6.03 Å². The smallest absolute Gasteiger partial charge is 0.326 e. The maximum absolute atomic E-state index is 12.3. The molecule has 2 amide bonds. The van der Waals surface area contributed by atoms with Crippen LogP contribution in [0.4, 0.5) is 10.5 Å². The highest BCUT2D eigenvalue weighted by atomic mass is 16.4. The standard InChI is InChI=1S/C15H20N2O3/c1-2-11-7-3-4-8-12(11)16-15(20)17-10-6-5-9-13(17)14(18)19/h3-4,7-8,13H,2,5-6,9-10H2,1H3,(H,16,20)(H,18,19). The minimum atomic E-state index is -0.927. The van der Waals surface area contributed by atoms with Crippen molar-refractivity contribution in [2.45, 2.75) is 38.6 Å². The lowest BCUT2D eigenvalue weighted by Crippen LogP contribution is -2.49. The summed E-state index contributed by atoms with van der Waals surface area (Å²) in [7, 11) is 0. The van der Waals surface area contributed by atoms with Crippen LogP contribution in [-0.2, 0) is 11.2 Å². The zero-order chi connectivity index (χ0) is 14.5. The maximum Gasteiger partial charge on any atom is 0.326 e. The lowest BCUT2D eigenvalue weighted by Gasteiger charge is -2.33. The van der Waals surface area contributed by atoms with Gasteiger partial charge in [0.05, 0.1) is 0 Å². The number of piperidine rings is 1. The van der Waals surface area contributed by atoms with Gasteiger partial charge in [-0.15, -0.1) is 0 Å². The molecule has 2 N–H and O–H groups in total. The summed E-state index contributed by atoms with van der Waals surface area (Å²) in [4.78, 5) is 25.0. The molecule has 1 fully saturated rings. The van der Waals surface area contributed by atoms with Crippen LogP contribution in [0, 0.1) is 0 Å². The maximum atomic E-state index is 12.3. The minimum absolute atomic E-state index is 0.321. The first-order chi connectivity index (χ1) is 9.63. The SMILES string of the molecule is CCc1ccccc1NC(=O)N1CCCCC1C(=O)O. The van der Waals surface area contributed by atoms with Gasteiger partial charge in [0.15, 0.2) is 0 Å². The molecule has 5 heteroatoms. The van der Waals surface area contributed by atoms with Crippen molar-refractivity contribution in [1.29, 1.82) is 0 Å². The molecule has 1 heterocycles. The summed E-state index contributed by atoms with van der Waals surface area (Å²) in [6.07, 6.45) is 3.05. The third kappa shape index (κ3) is 3.10. The van der Waals surface area contributed by atoms with Crippen molar-refractivity contribution in [3.8, 4) is 0 Å². The first-order valence-electron chi connectivity index (χ1n) is 7.01. The number of urea groups is 1. The number of carbonyl (C=O) groups is 2. The number of aryl methyl sites for hydroxylation is 1. The number of carboxylic acid groups (broad SMARTS) is 1. The van der Waals surface area contributed by atoms with E-state index in [9.17, 15) is 14.7 Å². The third-order valence-electron chi connectivity index (χ3n) is 3.69. The summed E-state index contributed by atoms with van der Waals surface area (Å²) in [6, 6.07) is 6.56. The number of aliphatic carboxylic acids is 1. The quantitative estimate of drug-likeness (QED) is 0.891. The molecule has 1 atom stereocenters. The lowest BCUT2D eigenvalue weighted by atomic mass is 10.0. The number of hydrogen-bond donors (Lipinski definition) is 2. The summed E-state index contributed by atoms with van der Waals surface area (Å²) in [6.45, 7) is 2.52. The Kier molecular flexibility index (Phi) is 4.61. The molecule has 0 bridgehead atoms. The Hall–Kier alpha value is -2.04. The molecule has 1 saturated heterocycles. The van der Waals surface area contributed by atoms with Crippen LogP contribution in [-0.4, -0.2) is 34.6 Å². The van der Waals surface area contributed by atoms with Crippen LogP contribution in [0.3, 0.4) is 0 Å². The van der Waals surface area contributed by atoms with Gasteiger partial charge in [0.25, 0.3) is 0 Å². The number of amides is 2. The number of likely N-dealkylation sites (tertiary alicyclic amines) is 1. The van der Waals surface area contributed by atoms with Crippen LogP contribution >= 0.6 is 0 Å². The zero-order valence-electron chi connectivity index (χ0n) is 11.6. The molecule has 0 spiro atoms.